The monoisotopic (exact) mass is 703 g/mol. The van der Waals surface area contributed by atoms with E-state index in [1.165, 1.54) is 25.7 Å². The molecule has 0 amide bonds. The third-order valence-corrected chi connectivity index (χ3v) is 8.69. The number of esters is 2. The molecule has 8 heteroatoms. The molecule has 0 aromatic carbocycles. The minimum atomic E-state index is -1.60. The van der Waals surface area contributed by atoms with Crippen LogP contribution in [0.3, 0.4) is 0 Å². The first-order valence-corrected chi connectivity index (χ1v) is 19.7. The first-order valence-electron chi connectivity index (χ1n) is 19.7. The van der Waals surface area contributed by atoms with Gasteiger partial charge in [-0.2, -0.15) is 0 Å². The number of unbranched alkanes of at least 4 members (excludes halogenated alkanes) is 13. The zero-order chi connectivity index (χ0) is 36.5. The van der Waals surface area contributed by atoms with Gasteiger partial charge in [-0.3, -0.25) is 9.59 Å². The van der Waals surface area contributed by atoms with Gasteiger partial charge in [0.2, 0.25) is 6.29 Å². The highest BCUT2D eigenvalue weighted by Crippen LogP contribution is 2.23. The average molecular weight is 703 g/mol. The van der Waals surface area contributed by atoms with E-state index in [2.05, 4.69) is 74.6 Å². The van der Waals surface area contributed by atoms with Gasteiger partial charge in [-0.1, -0.05) is 126 Å². The van der Waals surface area contributed by atoms with Crippen LogP contribution in [-0.4, -0.2) is 64.6 Å². The largest absolute Gasteiger partial charge is 0.463 e. The van der Waals surface area contributed by atoms with Gasteiger partial charge in [0.15, 0.2) is 0 Å². The van der Waals surface area contributed by atoms with Gasteiger partial charge in [0.25, 0.3) is 0 Å². The second kappa shape index (κ2) is 32.4. The van der Waals surface area contributed by atoms with Crippen molar-refractivity contribution in [2.75, 3.05) is 6.61 Å². The predicted molar refractivity (Wildman–Crippen MR) is 202 cm³/mol. The van der Waals surface area contributed by atoms with E-state index in [-0.39, 0.29) is 19.4 Å². The van der Waals surface area contributed by atoms with E-state index < -0.39 is 42.6 Å². The summed E-state index contributed by atoms with van der Waals surface area (Å²) in [5.41, 5.74) is 0. The summed E-state index contributed by atoms with van der Waals surface area (Å²) in [4.78, 5) is 24.7. The Bertz CT molecular complexity index is 984. The lowest BCUT2D eigenvalue weighted by Crippen LogP contribution is -2.59. The molecule has 1 rings (SSSR count). The quantitative estimate of drug-likeness (QED) is 0.0385. The first-order chi connectivity index (χ1) is 24.4. The Morgan fingerprint density at radius 3 is 1.54 bits per heavy atom. The number of ether oxygens (including phenoxy) is 3. The highest BCUT2D eigenvalue weighted by Gasteiger charge is 2.46. The van der Waals surface area contributed by atoms with Crippen molar-refractivity contribution >= 4 is 11.9 Å². The zero-order valence-corrected chi connectivity index (χ0v) is 31.3. The maximum Gasteiger partial charge on any atom is 0.308 e. The van der Waals surface area contributed by atoms with Crippen LogP contribution in [0.2, 0.25) is 0 Å². The molecule has 1 saturated heterocycles. The molecular formula is C42H70O8. The summed E-state index contributed by atoms with van der Waals surface area (Å²) in [7, 11) is 0. The van der Waals surface area contributed by atoms with Crippen molar-refractivity contribution in [3.8, 4) is 0 Å². The number of carbonyl (C=O) groups is 2. The summed E-state index contributed by atoms with van der Waals surface area (Å²) in [6, 6.07) is 0. The Labute approximate surface area is 303 Å². The van der Waals surface area contributed by atoms with Gasteiger partial charge in [-0.25, -0.2) is 0 Å². The molecule has 1 aliphatic heterocycles. The van der Waals surface area contributed by atoms with Crippen LogP contribution in [0.15, 0.2) is 60.8 Å². The van der Waals surface area contributed by atoms with Crippen molar-refractivity contribution in [1.29, 1.82) is 0 Å². The second-order valence-electron chi connectivity index (χ2n) is 13.3. The van der Waals surface area contributed by atoms with E-state index in [0.29, 0.717) is 12.8 Å². The number of hydrogen-bond donors (Lipinski definition) is 3. The fraction of sp³-hybridized carbons (Fsp3) is 0.714. The smallest absolute Gasteiger partial charge is 0.308 e. The molecule has 0 radical (unpaired) electrons. The SMILES string of the molecule is CCC=CCC=CCC=CCCCCCCCC(=O)O[C@@H]1O[C@H](COC(=O)CCCCCCCC=CCC=CCCCCC)[C@@H](O)[C@H](O)[C@H]1O. The summed E-state index contributed by atoms with van der Waals surface area (Å²) in [5.74, 6) is -0.962. The number of hydrogen-bond acceptors (Lipinski definition) is 8. The van der Waals surface area contributed by atoms with E-state index in [4.69, 9.17) is 14.2 Å². The van der Waals surface area contributed by atoms with Gasteiger partial charge >= 0.3 is 11.9 Å². The van der Waals surface area contributed by atoms with Crippen LogP contribution in [0.1, 0.15) is 155 Å². The number of rotatable bonds is 30. The Morgan fingerprint density at radius 2 is 1.00 bits per heavy atom. The third-order valence-electron chi connectivity index (χ3n) is 8.69. The molecule has 1 heterocycles. The van der Waals surface area contributed by atoms with Crippen LogP contribution in [0.25, 0.3) is 0 Å². The molecule has 50 heavy (non-hydrogen) atoms. The maximum atomic E-state index is 12.4. The van der Waals surface area contributed by atoms with E-state index in [1.54, 1.807) is 0 Å². The average Bonchev–Trinajstić information content (AvgIpc) is 3.11. The van der Waals surface area contributed by atoms with E-state index in [9.17, 15) is 24.9 Å². The molecule has 1 aliphatic rings. The van der Waals surface area contributed by atoms with Crippen LogP contribution >= 0.6 is 0 Å². The lowest BCUT2D eigenvalue weighted by atomic mass is 9.99. The molecule has 0 unspecified atom stereocenters. The van der Waals surface area contributed by atoms with Crippen molar-refractivity contribution in [1.82, 2.24) is 0 Å². The number of carbonyl (C=O) groups excluding carboxylic acids is 2. The highest BCUT2D eigenvalue weighted by atomic mass is 16.7. The molecule has 0 spiro atoms. The number of aliphatic hydroxyl groups excluding tert-OH is 3. The fourth-order valence-electron chi connectivity index (χ4n) is 5.56. The molecule has 0 aliphatic carbocycles. The molecule has 286 valence electrons. The van der Waals surface area contributed by atoms with Crippen molar-refractivity contribution in [2.24, 2.45) is 0 Å². The van der Waals surface area contributed by atoms with Gasteiger partial charge in [0.1, 0.15) is 31.0 Å². The van der Waals surface area contributed by atoms with Crippen LogP contribution in [0, 0.1) is 0 Å². The molecule has 0 aromatic rings. The maximum absolute atomic E-state index is 12.4. The molecule has 0 bridgehead atoms. The second-order valence-corrected chi connectivity index (χ2v) is 13.3. The number of allylic oxidation sites excluding steroid dienone is 10. The normalized spacial score (nSPS) is 21.4. The van der Waals surface area contributed by atoms with Crippen LogP contribution < -0.4 is 0 Å². The summed E-state index contributed by atoms with van der Waals surface area (Å²) in [5, 5.41) is 31.0. The topological polar surface area (TPSA) is 123 Å². The molecule has 5 atom stereocenters. The zero-order valence-electron chi connectivity index (χ0n) is 31.3. The summed E-state index contributed by atoms with van der Waals surface area (Å²) < 4.78 is 16.1. The molecule has 0 aromatic heterocycles. The Kier molecular flexibility index (Phi) is 29.5. The fourth-order valence-corrected chi connectivity index (χ4v) is 5.56. The minimum Gasteiger partial charge on any atom is -0.463 e. The Balaban J connectivity index is 2.14. The highest BCUT2D eigenvalue weighted by molar-refractivity contribution is 5.69. The molecule has 8 nitrogen and oxygen atoms in total. The van der Waals surface area contributed by atoms with Crippen LogP contribution in [0.4, 0.5) is 0 Å². The van der Waals surface area contributed by atoms with Gasteiger partial charge in [0.05, 0.1) is 0 Å². The molecular weight excluding hydrogens is 632 g/mol. The van der Waals surface area contributed by atoms with E-state index in [1.807, 2.05) is 0 Å². The Hall–Kier alpha value is -2.52. The molecule has 1 fully saturated rings. The molecule has 0 saturated carbocycles. The van der Waals surface area contributed by atoms with Gasteiger partial charge < -0.3 is 29.5 Å². The number of aliphatic hydroxyl groups is 3. The lowest BCUT2D eigenvalue weighted by Gasteiger charge is -2.39. The van der Waals surface area contributed by atoms with Crippen molar-refractivity contribution < 1.29 is 39.1 Å². The van der Waals surface area contributed by atoms with Gasteiger partial charge in [-0.05, 0) is 77.0 Å². The van der Waals surface area contributed by atoms with E-state index in [0.717, 1.165) is 89.9 Å². The van der Waals surface area contributed by atoms with Gasteiger partial charge in [0, 0.05) is 12.8 Å². The van der Waals surface area contributed by atoms with Gasteiger partial charge in [-0.15, -0.1) is 0 Å². The van der Waals surface area contributed by atoms with Crippen LogP contribution in [-0.2, 0) is 23.8 Å². The van der Waals surface area contributed by atoms with Crippen LogP contribution in [0.5, 0.6) is 0 Å². The summed E-state index contributed by atoms with van der Waals surface area (Å²) in [6.07, 6.45) is 36.1. The standard InChI is InChI=1S/C42H70O8/c1-3-5-7-9-11-13-15-17-19-21-23-25-27-29-31-33-37(43)48-35-36-39(45)40(46)41(47)42(49-36)50-38(44)34-32-30-28-26-24-22-20-18-16-14-12-10-8-6-4-2/h6,8,11-14,17-20,36,39-42,45-47H,3-5,7,9-10,15-16,21-35H2,1-2H3/t36-,39-,40+,41-,42+/m1/s1. The third kappa shape index (κ3) is 24.6. The first kappa shape index (κ1) is 45.5. The minimum absolute atomic E-state index is 0.165. The van der Waals surface area contributed by atoms with Crippen molar-refractivity contribution in [3.63, 3.8) is 0 Å². The molecule has 3 N–H and O–H groups in total. The summed E-state index contributed by atoms with van der Waals surface area (Å²) in [6.45, 7) is 4.05. The van der Waals surface area contributed by atoms with E-state index >= 15 is 0 Å². The lowest BCUT2D eigenvalue weighted by molar-refractivity contribution is -0.293. The predicted octanol–water partition coefficient (Wildman–Crippen LogP) is 9.28. The van der Waals surface area contributed by atoms with Crippen molar-refractivity contribution in [2.45, 2.75) is 186 Å². The van der Waals surface area contributed by atoms with Crippen molar-refractivity contribution in [3.05, 3.63) is 60.8 Å². The summed E-state index contributed by atoms with van der Waals surface area (Å²) >= 11 is 0. The Morgan fingerprint density at radius 1 is 0.540 bits per heavy atom.